The Morgan fingerprint density at radius 2 is 2.26 bits per heavy atom. The number of hydrogen-bond acceptors (Lipinski definition) is 3. The van der Waals surface area contributed by atoms with Gasteiger partial charge in [0.15, 0.2) is 0 Å². The maximum absolute atomic E-state index is 8.89. The molecule has 0 bridgehead atoms. The molecule has 1 aliphatic rings. The van der Waals surface area contributed by atoms with E-state index >= 15 is 0 Å². The van der Waals surface area contributed by atoms with Crippen LogP contribution in [0.2, 0.25) is 0 Å². The molecule has 102 valence electrons. The lowest BCUT2D eigenvalue weighted by Crippen LogP contribution is -2.43. The van der Waals surface area contributed by atoms with Crippen LogP contribution in [0, 0.1) is 24.2 Å². The van der Waals surface area contributed by atoms with Gasteiger partial charge in [0, 0.05) is 20.2 Å². The predicted molar refractivity (Wildman–Crippen MR) is 75.7 cm³/mol. The second-order valence-corrected chi connectivity index (χ2v) is 5.53. The van der Waals surface area contributed by atoms with Crippen LogP contribution in [0.1, 0.15) is 30.0 Å². The Kier molecular flexibility index (Phi) is 4.57. The normalized spacial score (nSPS) is 24.1. The molecule has 0 aliphatic carbocycles. The topological polar surface area (TPSA) is 36.3 Å². The van der Waals surface area contributed by atoms with Crippen LogP contribution in [-0.4, -0.2) is 31.2 Å². The van der Waals surface area contributed by atoms with Crippen LogP contribution >= 0.6 is 0 Å². The first kappa shape index (κ1) is 14.0. The zero-order chi connectivity index (χ0) is 13.8. The Hall–Kier alpha value is -1.37. The maximum Gasteiger partial charge on any atom is 0.0991 e. The molecule has 3 nitrogen and oxygen atoms in total. The average Bonchev–Trinajstić information content (AvgIpc) is 2.43. The zero-order valence-corrected chi connectivity index (χ0v) is 12.0. The molecular weight excluding hydrogens is 236 g/mol. The molecule has 19 heavy (non-hydrogen) atoms. The standard InChI is InChI=1S/C16H22N2O/c1-12-6-7-18(11-16(12)19-3)10-15-5-4-14(9-17)8-13(15)2/h4-5,8,12,16H,6-7,10-11H2,1-3H3. The Morgan fingerprint density at radius 3 is 2.89 bits per heavy atom. The molecule has 1 aromatic rings. The highest BCUT2D eigenvalue weighted by Gasteiger charge is 2.25. The fourth-order valence-electron chi connectivity index (χ4n) is 2.73. The molecule has 2 rings (SSSR count). The summed E-state index contributed by atoms with van der Waals surface area (Å²) in [6.45, 7) is 7.41. The fraction of sp³-hybridized carbons (Fsp3) is 0.562. The number of ether oxygens (including phenoxy) is 1. The summed E-state index contributed by atoms with van der Waals surface area (Å²) in [5.74, 6) is 0.642. The molecule has 0 amide bonds. The lowest BCUT2D eigenvalue weighted by molar-refractivity contribution is -0.00749. The number of hydrogen-bond donors (Lipinski definition) is 0. The molecular formula is C16H22N2O. The van der Waals surface area contributed by atoms with Crippen LogP contribution in [0.4, 0.5) is 0 Å². The molecule has 1 fully saturated rings. The number of aryl methyl sites for hydroxylation is 1. The molecule has 0 N–H and O–H groups in total. The van der Waals surface area contributed by atoms with E-state index in [2.05, 4.69) is 30.9 Å². The minimum Gasteiger partial charge on any atom is -0.380 e. The molecule has 1 aliphatic heterocycles. The van der Waals surface area contributed by atoms with Gasteiger partial charge in [0.1, 0.15) is 0 Å². The van der Waals surface area contributed by atoms with Gasteiger partial charge < -0.3 is 4.74 Å². The number of likely N-dealkylation sites (tertiary alicyclic amines) is 1. The van der Waals surface area contributed by atoms with Gasteiger partial charge in [-0.15, -0.1) is 0 Å². The molecule has 2 unspecified atom stereocenters. The molecule has 0 radical (unpaired) electrons. The monoisotopic (exact) mass is 258 g/mol. The van der Waals surface area contributed by atoms with Crippen molar-refractivity contribution in [2.45, 2.75) is 32.9 Å². The van der Waals surface area contributed by atoms with Gasteiger partial charge >= 0.3 is 0 Å². The van der Waals surface area contributed by atoms with Crippen molar-refractivity contribution in [1.82, 2.24) is 4.90 Å². The van der Waals surface area contributed by atoms with Crippen molar-refractivity contribution in [2.24, 2.45) is 5.92 Å². The third-order valence-corrected chi connectivity index (χ3v) is 4.14. The minimum absolute atomic E-state index is 0.340. The van der Waals surface area contributed by atoms with Gasteiger partial charge in [-0.05, 0) is 49.1 Å². The van der Waals surface area contributed by atoms with Crippen molar-refractivity contribution in [1.29, 1.82) is 5.26 Å². The lowest BCUT2D eigenvalue weighted by Gasteiger charge is -2.36. The van der Waals surface area contributed by atoms with Gasteiger partial charge in [0.25, 0.3) is 0 Å². The van der Waals surface area contributed by atoms with E-state index in [1.165, 1.54) is 17.5 Å². The third kappa shape index (κ3) is 3.34. The summed E-state index contributed by atoms with van der Waals surface area (Å²) < 4.78 is 5.55. The van der Waals surface area contributed by atoms with Gasteiger partial charge in [0.05, 0.1) is 17.7 Å². The molecule has 1 saturated heterocycles. The Balaban J connectivity index is 2.04. The summed E-state index contributed by atoms with van der Waals surface area (Å²) in [6, 6.07) is 8.14. The van der Waals surface area contributed by atoms with E-state index < -0.39 is 0 Å². The predicted octanol–water partition coefficient (Wildman–Crippen LogP) is 2.72. The smallest absolute Gasteiger partial charge is 0.0991 e. The number of rotatable bonds is 3. The van der Waals surface area contributed by atoms with Crippen LogP contribution in [0.5, 0.6) is 0 Å². The highest BCUT2D eigenvalue weighted by molar-refractivity contribution is 5.37. The molecule has 1 heterocycles. The second kappa shape index (κ2) is 6.18. The van der Waals surface area contributed by atoms with E-state index in [-0.39, 0.29) is 0 Å². The van der Waals surface area contributed by atoms with Gasteiger partial charge in [-0.25, -0.2) is 0 Å². The quantitative estimate of drug-likeness (QED) is 0.836. The third-order valence-electron chi connectivity index (χ3n) is 4.14. The maximum atomic E-state index is 8.89. The van der Waals surface area contributed by atoms with Crippen LogP contribution in [-0.2, 0) is 11.3 Å². The lowest BCUT2D eigenvalue weighted by atomic mass is 9.95. The number of benzene rings is 1. The van der Waals surface area contributed by atoms with Crippen molar-refractivity contribution in [3.8, 4) is 6.07 Å². The summed E-state index contributed by atoms with van der Waals surface area (Å²) in [5, 5.41) is 8.89. The first-order valence-corrected chi connectivity index (χ1v) is 6.89. The Morgan fingerprint density at radius 1 is 1.47 bits per heavy atom. The largest absolute Gasteiger partial charge is 0.380 e. The minimum atomic E-state index is 0.340. The van der Waals surface area contributed by atoms with Crippen molar-refractivity contribution in [3.05, 3.63) is 34.9 Å². The second-order valence-electron chi connectivity index (χ2n) is 5.53. The van der Waals surface area contributed by atoms with Crippen LogP contribution < -0.4 is 0 Å². The average molecular weight is 258 g/mol. The highest BCUT2D eigenvalue weighted by Crippen LogP contribution is 2.22. The van der Waals surface area contributed by atoms with E-state index in [1.54, 1.807) is 7.11 Å². The van der Waals surface area contributed by atoms with Gasteiger partial charge in [-0.2, -0.15) is 5.26 Å². The van der Waals surface area contributed by atoms with Gasteiger partial charge in [-0.3, -0.25) is 4.90 Å². The van der Waals surface area contributed by atoms with Crippen molar-refractivity contribution >= 4 is 0 Å². The van der Waals surface area contributed by atoms with E-state index in [1.807, 2.05) is 12.1 Å². The van der Waals surface area contributed by atoms with E-state index in [9.17, 15) is 0 Å². The van der Waals surface area contributed by atoms with Crippen LogP contribution in [0.15, 0.2) is 18.2 Å². The highest BCUT2D eigenvalue weighted by atomic mass is 16.5. The number of piperidine rings is 1. The van der Waals surface area contributed by atoms with Crippen molar-refractivity contribution < 1.29 is 4.74 Å². The van der Waals surface area contributed by atoms with E-state index in [4.69, 9.17) is 10.00 Å². The molecule has 0 spiro atoms. The molecule has 0 saturated carbocycles. The first-order valence-electron chi connectivity index (χ1n) is 6.89. The fourth-order valence-corrected chi connectivity index (χ4v) is 2.73. The van der Waals surface area contributed by atoms with Crippen LogP contribution in [0.25, 0.3) is 0 Å². The Bertz CT molecular complexity index is 478. The summed E-state index contributed by atoms with van der Waals surface area (Å²) >= 11 is 0. The van der Waals surface area contributed by atoms with Crippen molar-refractivity contribution in [3.63, 3.8) is 0 Å². The molecule has 0 aromatic heterocycles. The van der Waals surface area contributed by atoms with Crippen molar-refractivity contribution in [2.75, 3.05) is 20.2 Å². The van der Waals surface area contributed by atoms with Gasteiger partial charge in [0.2, 0.25) is 0 Å². The number of nitriles is 1. The molecule has 1 aromatic carbocycles. The first-order chi connectivity index (χ1) is 9.13. The molecule has 3 heteroatoms. The van der Waals surface area contributed by atoms with E-state index in [0.717, 1.165) is 25.2 Å². The summed E-state index contributed by atoms with van der Waals surface area (Å²) in [5.41, 5.74) is 3.25. The Labute approximate surface area is 115 Å². The molecule has 2 atom stereocenters. The summed E-state index contributed by atoms with van der Waals surface area (Å²) in [6.07, 6.45) is 1.53. The van der Waals surface area contributed by atoms with E-state index in [0.29, 0.717) is 12.0 Å². The summed E-state index contributed by atoms with van der Waals surface area (Å²) in [4.78, 5) is 2.45. The van der Waals surface area contributed by atoms with Gasteiger partial charge in [-0.1, -0.05) is 13.0 Å². The van der Waals surface area contributed by atoms with Crippen LogP contribution in [0.3, 0.4) is 0 Å². The zero-order valence-electron chi connectivity index (χ0n) is 12.0. The number of nitrogens with zero attached hydrogens (tertiary/aromatic N) is 2. The summed E-state index contributed by atoms with van der Waals surface area (Å²) in [7, 11) is 1.80. The number of methoxy groups -OCH3 is 1. The SMILES string of the molecule is COC1CN(Cc2ccc(C#N)cc2C)CCC1C.